The van der Waals surface area contributed by atoms with Crippen LogP contribution in [0.15, 0.2) is 28.6 Å². The van der Waals surface area contributed by atoms with Crippen LogP contribution >= 0.6 is 11.3 Å². The topological polar surface area (TPSA) is 113 Å². The van der Waals surface area contributed by atoms with Gasteiger partial charge in [0.1, 0.15) is 17.3 Å². The van der Waals surface area contributed by atoms with Crippen LogP contribution in [0.4, 0.5) is 0 Å². The number of aliphatic hydroxyl groups excluding tert-OH is 2. The van der Waals surface area contributed by atoms with Crippen molar-refractivity contribution in [3.8, 4) is 0 Å². The van der Waals surface area contributed by atoms with E-state index >= 15 is 0 Å². The standard InChI is InChI=1S/C16H17N5O4S/c22-8-13(23)12-5-10-6-19(2-3-21(10)18-12)14(24)7-20-9-17-11-1-4-26-15(11)16(20)25/h1,4-5,9,13,22-23H,2-3,6-8H2. The molecule has 1 atom stereocenters. The van der Waals surface area contributed by atoms with E-state index in [-0.39, 0.29) is 18.0 Å². The van der Waals surface area contributed by atoms with Crippen molar-refractivity contribution in [1.29, 1.82) is 0 Å². The van der Waals surface area contributed by atoms with Gasteiger partial charge in [-0.2, -0.15) is 5.10 Å². The number of thiophene rings is 1. The maximum absolute atomic E-state index is 12.6. The summed E-state index contributed by atoms with van der Waals surface area (Å²) >= 11 is 1.31. The molecule has 136 valence electrons. The van der Waals surface area contributed by atoms with E-state index in [2.05, 4.69) is 10.1 Å². The molecule has 0 saturated heterocycles. The molecule has 26 heavy (non-hydrogen) atoms. The summed E-state index contributed by atoms with van der Waals surface area (Å²) in [6.45, 7) is 0.829. The van der Waals surface area contributed by atoms with Crippen LogP contribution in [0, 0.1) is 0 Å². The molecule has 0 bridgehead atoms. The minimum Gasteiger partial charge on any atom is -0.393 e. The van der Waals surface area contributed by atoms with Gasteiger partial charge < -0.3 is 15.1 Å². The third-order valence-corrected chi connectivity index (χ3v) is 5.32. The Bertz CT molecular complexity index is 1020. The molecule has 1 aliphatic heterocycles. The molecule has 0 aliphatic carbocycles. The van der Waals surface area contributed by atoms with E-state index in [1.54, 1.807) is 27.1 Å². The smallest absolute Gasteiger partial charge is 0.271 e. The van der Waals surface area contributed by atoms with Crippen molar-refractivity contribution in [3.63, 3.8) is 0 Å². The molecule has 4 heterocycles. The van der Waals surface area contributed by atoms with Gasteiger partial charge in [0.25, 0.3) is 5.56 Å². The van der Waals surface area contributed by atoms with Crippen molar-refractivity contribution in [2.75, 3.05) is 13.2 Å². The Morgan fingerprint density at radius 3 is 3.04 bits per heavy atom. The van der Waals surface area contributed by atoms with Crippen molar-refractivity contribution in [2.24, 2.45) is 0 Å². The Labute approximate surface area is 151 Å². The van der Waals surface area contributed by atoms with E-state index in [4.69, 9.17) is 5.11 Å². The summed E-state index contributed by atoms with van der Waals surface area (Å²) in [4.78, 5) is 30.9. The molecule has 0 saturated carbocycles. The Morgan fingerprint density at radius 2 is 2.23 bits per heavy atom. The highest BCUT2D eigenvalue weighted by molar-refractivity contribution is 7.17. The molecule has 2 N–H and O–H groups in total. The molecule has 0 fully saturated rings. The predicted octanol–water partition coefficient (Wildman–Crippen LogP) is -0.277. The number of hydrogen-bond donors (Lipinski definition) is 2. The number of nitrogens with zero attached hydrogens (tertiary/aromatic N) is 5. The normalized spacial score (nSPS) is 15.2. The van der Waals surface area contributed by atoms with E-state index in [0.29, 0.717) is 35.5 Å². The fraction of sp³-hybridized carbons (Fsp3) is 0.375. The highest BCUT2D eigenvalue weighted by atomic mass is 32.1. The van der Waals surface area contributed by atoms with Gasteiger partial charge in [-0.15, -0.1) is 11.3 Å². The van der Waals surface area contributed by atoms with Gasteiger partial charge in [0.05, 0.1) is 42.9 Å². The quantitative estimate of drug-likeness (QED) is 0.649. The average Bonchev–Trinajstić information content (AvgIpc) is 3.29. The second-order valence-corrected chi connectivity index (χ2v) is 7.03. The fourth-order valence-corrected chi connectivity index (χ4v) is 3.79. The third-order valence-electron chi connectivity index (χ3n) is 4.43. The molecule has 0 spiro atoms. The summed E-state index contributed by atoms with van der Waals surface area (Å²) in [7, 11) is 0. The van der Waals surface area contributed by atoms with Crippen LogP contribution in [0.2, 0.25) is 0 Å². The minimum absolute atomic E-state index is 0.0695. The number of carbonyl (C=O) groups is 1. The summed E-state index contributed by atoms with van der Waals surface area (Å²) in [5.74, 6) is -0.179. The summed E-state index contributed by atoms with van der Waals surface area (Å²) in [5, 5.41) is 24.8. The van der Waals surface area contributed by atoms with Crippen molar-refractivity contribution in [1.82, 2.24) is 24.2 Å². The highest BCUT2D eigenvalue weighted by Crippen LogP contribution is 2.18. The molecule has 4 rings (SSSR count). The number of amides is 1. The minimum atomic E-state index is -1.03. The highest BCUT2D eigenvalue weighted by Gasteiger charge is 2.24. The molecular formula is C16H17N5O4S. The predicted molar refractivity (Wildman–Crippen MR) is 93.6 cm³/mol. The van der Waals surface area contributed by atoms with Crippen LogP contribution in [0.3, 0.4) is 0 Å². The Hall–Kier alpha value is -2.56. The van der Waals surface area contributed by atoms with Gasteiger partial charge >= 0.3 is 0 Å². The first-order chi connectivity index (χ1) is 12.6. The lowest BCUT2D eigenvalue weighted by Gasteiger charge is -2.27. The lowest BCUT2D eigenvalue weighted by Crippen LogP contribution is -2.41. The van der Waals surface area contributed by atoms with E-state index < -0.39 is 12.7 Å². The summed E-state index contributed by atoms with van der Waals surface area (Å²) in [6.07, 6.45) is 0.374. The van der Waals surface area contributed by atoms with Crippen LogP contribution in [0.5, 0.6) is 0 Å². The molecule has 0 aromatic carbocycles. The van der Waals surface area contributed by atoms with Crippen LogP contribution in [0.25, 0.3) is 10.2 Å². The molecule has 1 unspecified atom stereocenters. The van der Waals surface area contributed by atoms with Crippen LogP contribution < -0.4 is 5.56 Å². The van der Waals surface area contributed by atoms with Gasteiger partial charge in [-0.05, 0) is 17.5 Å². The van der Waals surface area contributed by atoms with E-state index in [0.717, 1.165) is 5.69 Å². The summed E-state index contributed by atoms with van der Waals surface area (Å²) < 4.78 is 3.59. The zero-order chi connectivity index (χ0) is 18.3. The Balaban J connectivity index is 1.51. The Kier molecular flexibility index (Phi) is 4.31. The second-order valence-electron chi connectivity index (χ2n) is 6.11. The maximum Gasteiger partial charge on any atom is 0.271 e. The lowest BCUT2D eigenvalue weighted by molar-refractivity contribution is -0.133. The van der Waals surface area contributed by atoms with Crippen molar-refractivity contribution >= 4 is 27.5 Å². The van der Waals surface area contributed by atoms with Crippen LogP contribution in [0.1, 0.15) is 17.5 Å². The summed E-state index contributed by atoms with van der Waals surface area (Å²) in [5.41, 5.74) is 1.60. The van der Waals surface area contributed by atoms with Gasteiger partial charge in [0.15, 0.2) is 0 Å². The Morgan fingerprint density at radius 1 is 1.38 bits per heavy atom. The third kappa shape index (κ3) is 2.91. The van der Waals surface area contributed by atoms with E-state index in [1.165, 1.54) is 22.2 Å². The van der Waals surface area contributed by atoms with Crippen LogP contribution in [-0.2, 0) is 24.4 Å². The monoisotopic (exact) mass is 375 g/mol. The van der Waals surface area contributed by atoms with Gasteiger partial charge in [-0.1, -0.05) is 0 Å². The number of aliphatic hydroxyl groups is 2. The van der Waals surface area contributed by atoms with Crippen molar-refractivity contribution in [3.05, 3.63) is 45.6 Å². The fourth-order valence-electron chi connectivity index (χ4n) is 3.00. The molecular weight excluding hydrogens is 358 g/mol. The van der Waals surface area contributed by atoms with Gasteiger partial charge in [0, 0.05) is 6.54 Å². The molecule has 3 aromatic rings. The van der Waals surface area contributed by atoms with Gasteiger partial charge in [-0.3, -0.25) is 18.8 Å². The van der Waals surface area contributed by atoms with Gasteiger partial charge in [0.2, 0.25) is 5.91 Å². The summed E-state index contributed by atoms with van der Waals surface area (Å²) in [6, 6.07) is 3.46. The average molecular weight is 375 g/mol. The first-order valence-electron chi connectivity index (χ1n) is 8.13. The first kappa shape index (κ1) is 16.9. The molecule has 1 aliphatic rings. The largest absolute Gasteiger partial charge is 0.393 e. The van der Waals surface area contributed by atoms with Gasteiger partial charge in [-0.25, -0.2) is 4.98 Å². The maximum atomic E-state index is 12.6. The second kappa shape index (κ2) is 6.63. The number of fused-ring (bicyclic) bond motifs is 2. The SMILES string of the molecule is O=C(Cn1cnc2ccsc2c1=O)N1CCn2nc(C(O)CO)cc2C1. The molecule has 3 aromatic heterocycles. The van der Waals surface area contributed by atoms with E-state index in [9.17, 15) is 14.7 Å². The van der Waals surface area contributed by atoms with Crippen molar-refractivity contribution in [2.45, 2.75) is 25.7 Å². The van der Waals surface area contributed by atoms with Crippen molar-refractivity contribution < 1.29 is 15.0 Å². The number of rotatable bonds is 4. The zero-order valence-electron chi connectivity index (χ0n) is 13.8. The molecule has 1 amide bonds. The zero-order valence-corrected chi connectivity index (χ0v) is 14.6. The first-order valence-corrected chi connectivity index (χ1v) is 9.00. The van der Waals surface area contributed by atoms with E-state index in [1.807, 2.05) is 0 Å². The number of hydrogen-bond acceptors (Lipinski definition) is 7. The molecule has 10 heteroatoms. The number of carbonyl (C=O) groups excluding carboxylic acids is 1. The lowest BCUT2D eigenvalue weighted by atomic mass is 10.2. The molecule has 9 nitrogen and oxygen atoms in total. The number of aromatic nitrogens is 4. The van der Waals surface area contributed by atoms with Crippen LogP contribution in [-0.4, -0.2) is 53.5 Å². The molecule has 0 radical (unpaired) electrons.